The Hall–Kier alpha value is -4.36. The van der Waals surface area contributed by atoms with Crippen LogP contribution in [-0.4, -0.2) is 25.8 Å². The molecule has 8 nitrogen and oxygen atoms in total. The maximum atomic E-state index is 13.3. The van der Waals surface area contributed by atoms with Crippen LogP contribution >= 0.6 is 0 Å². The highest BCUT2D eigenvalue weighted by Crippen LogP contribution is 2.39. The van der Waals surface area contributed by atoms with Gasteiger partial charge in [0.2, 0.25) is 5.95 Å². The summed E-state index contributed by atoms with van der Waals surface area (Å²) in [5.41, 5.74) is 4.66. The monoisotopic (exact) mass is 523 g/mol. The normalized spacial score (nSPS) is 12.1. The maximum Gasteiger partial charge on any atom is 0.418 e. The van der Waals surface area contributed by atoms with Gasteiger partial charge in [0, 0.05) is 30.3 Å². The van der Waals surface area contributed by atoms with Gasteiger partial charge in [0.25, 0.3) is 0 Å². The predicted molar refractivity (Wildman–Crippen MR) is 125 cm³/mol. The van der Waals surface area contributed by atoms with Gasteiger partial charge in [0.1, 0.15) is 0 Å². The molecule has 0 aliphatic rings. The molecular formula is C23H19F6N7O. The molecule has 0 bridgehead atoms. The molecule has 0 aliphatic carbocycles. The lowest BCUT2D eigenvalue weighted by atomic mass is 10.0. The fourth-order valence-corrected chi connectivity index (χ4v) is 3.79. The number of urea groups is 1. The van der Waals surface area contributed by atoms with Crippen LogP contribution in [0.15, 0.2) is 42.6 Å². The second-order valence-electron chi connectivity index (χ2n) is 8.03. The quantitative estimate of drug-likeness (QED) is 0.291. The number of nitrogens with zero attached hydrogens (tertiary/aromatic N) is 4. The van der Waals surface area contributed by atoms with E-state index in [1.165, 1.54) is 10.7 Å². The maximum absolute atomic E-state index is 13.3. The minimum absolute atomic E-state index is 0.0396. The first-order valence-electron chi connectivity index (χ1n) is 10.7. The number of benzene rings is 2. The Morgan fingerprint density at radius 3 is 2.41 bits per heavy atom. The molecule has 4 N–H and O–H groups in total. The SMILES string of the molecule is CCc1cc(-c2cc(NC(=O)Nc3cc(C(F)(F)F)ccc3C(F)(F)F)nn2C)cc2cnc(N)nc12. The van der Waals surface area contributed by atoms with Crippen molar-refractivity contribution in [2.75, 3.05) is 16.4 Å². The highest BCUT2D eigenvalue weighted by atomic mass is 19.4. The van der Waals surface area contributed by atoms with E-state index in [0.717, 1.165) is 5.56 Å². The van der Waals surface area contributed by atoms with Gasteiger partial charge < -0.3 is 11.1 Å². The summed E-state index contributed by atoms with van der Waals surface area (Å²) >= 11 is 0. The number of hydrogen-bond acceptors (Lipinski definition) is 5. The second kappa shape index (κ2) is 9.26. The van der Waals surface area contributed by atoms with Crippen LogP contribution in [0.2, 0.25) is 0 Å². The lowest BCUT2D eigenvalue weighted by Crippen LogP contribution is -2.23. The smallest absolute Gasteiger partial charge is 0.368 e. The molecule has 0 fully saturated rings. The lowest BCUT2D eigenvalue weighted by Gasteiger charge is -2.16. The van der Waals surface area contributed by atoms with Crippen LogP contribution in [0, 0.1) is 0 Å². The van der Waals surface area contributed by atoms with Crippen LogP contribution in [0.1, 0.15) is 23.6 Å². The number of aryl methyl sites for hydroxylation is 2. The Morgan fingerprint density at radius 2 is 1.76 bits per heavy atom. The Kier molecular flexibility index (Phi) is 6.44. The van der Waals surface area contributed by atoms with E-state index >= 15 is 0 Å². The average Bonchev–Trinajstić information content (AvgIpc) is 3.16. The third-order valence-electron chi connectivity index (χ3n) is 5.48. The Labute approximate surface area is 205 Å². The van der Waals surface area contributed by atoms with Crippen molar-refractivity contribution in [3.63, 3.8) is 0 Å². The number of fused-ring (bicyclic) bond motifs is 1. The van der Waals surface area contributed by atoms with Gasteiger partial charge in [-0.1, -0.05) is 6.92 Å². The van der Waals surface area contributed by atoms with E-state index in [-0.39, 0.29) is 23.9 Å². The molecule has 194 valence electrons. The van der Waals surface area contributed by atoms with Gasteiger partial charge in [0.15, 0.2) is 5.82 Å². The molecule has 37 heavy (non-hydrogen) atoms. The molecule has 0 aliphatic heterocycles. The van der Waals surface area contributed by atoms with E-state index in [1.807, 2.05) is 18.3 Å². The first-order valence-corrected chi connectivity index (χ1v) is 10.7. The molecule has 4 aromatic rings. The molecule has 0 saturated heterocycles. The molecule has 0 saturated carbocycles. The zero-order valence-electron chi connectivity index (χ0n) is 19.3. The summed E-state index contributed by atoms with van der Waals surface area (Å²) in [4.78, 5) is 20.7. The fraction of sp³-hybridized carbons (Fsp3) is 0.217. The van der Waals surface area contributed by atoms with E-state index in [9.17, 15) is 31.1 Å². The summed E-state index contributed by atoms with van der Waals surface area (Å²) in [6.07, 6.45) is -7.70. The van der Waals surface area contributed by atoms with Crippen LogP contribution in [0.5, 0.6) is 0 Å². The summed E-state index contributed by atoms with van der Waals surface area (Å²) in [5.74, 6) is 0.0877. The zero-order valence-corrected chi connectivity index (χ0v) is 19.3. The van der Waals surface area contributed by atoms with Gasteiger partial charge in [-0.2, -0.15) is 31.4 Å². The number of nitrogen functional groups attached to an aromatic ring is 1. The molecule has 14 heteroatoms. The van der Waals surface area contributed by atoms with E-state index in [2.05, 4.69) is 20.4 Å². The third kappa shape index (κ3) is 5.42. The summed E-state index contributed by atoms with van der Waals surface area (Å²) in [6.45, 7) is 1.93. The Morgan fingerprint density at radius 1 is 1.03 bits per heavy atom. The molecule has 2 amide bonds. The Balaban J connectivity index is 1.62. The Bertz CT molecular complexity index is 1490. The van der Waals surface area contributed by atoms with Crippen LogP contribution < -0.4 is 16.4 Å². The van der Waals surface area contributed by atoms with E-state index in [1.54, 1.807) is 19.3 Å². The van der Waals surface area contributed by atoms with Gasteiger partial charge in [-0.25, -0.2) is 14.8 Å². The predicted octanol–water partition coefficient (Wildman–Crippen LogP) is 5.86. The highest BCUT2D eigenvalue weighted by molar-refractivity contribution is 6.00. The number of rotatable bonds is 4. The molecule has 0 atom stereocenters. The number of nitrogens with two attached hydrogens (primary N) is 1. The van der Waals surface area contributed by atoms with Gasteiger partial charge in [-0.3, -0.25) is 10.00 Å². The van der Waals surface area contributed by atoms with Crippen LogP contribution in [-0.2, 0) is 25.8 Å². The number of alkyl halides is 6. The molecule has 2 aromatic heterocycles. The molecule has 0 radical (unpaired) electrons. The van der Waals surface area contributed by atoms with Gasteiger partial charge in [0.05, 0.1) is 28.0 Å². The number of hydrogen-bond donors (Lipinski definition) is 3. The van der Waals surface area contributed by atoms with E-state index in [4.69, 9.17) is 5.73 Å². The van der Waals surface area contributed by atoms with Crippen LogP contribution in [0.25, 0.3) is 22.2 Å². The molecule has 0 unspecified atom stereocenters. The summed E-state index contributed by atoms with van der Waals surface area (Å²) < 4.78 is 80.4. The standard InChI is InChI=1S/C23H19F6N7O/c1-3-11-6-12(7-13-10-31-20(30)34-19(11)13)17-9-18(35-36(17)2)33-21(37)32-16-8-14(22(24,25)26)4-5-15(16)23(27,28)29/h4-10H,3H2,1-2H3,(H2,30,31,34)(H2,32,33,35,37). The third-order valence-corrected chi connectivity index (χ3v) is 5.48. The number of carbonyl (C=O) groups is 1. The van der Waals surface area contributed by atoms with Crippen molar-refractivity contribution in [2.45, 2.75) is 25.7 Å². The lowest BCUT2D eigenvalue weighted by molar-refractivity contribution is -0.140. The van der Waals surface area contributed by atoms with Crippen molar-refractivity contribution in [3.8, 4) is 11.3 Å². The van der Waals surface area contributed by atoms with Crippen LogP contribution in [0.3, 0.4) is 0 Å². The van der Waals surface area contributed by atoms with Crippen molar-refractivity contribution in [1.29, 1.82) is 0 Å². The summed E-state index contributed by atoms with van der Waals surface area (Å²) in [6, 6.07) is 4.69. The number of amides is 2. The number of anilines is 3. The molecule has 4 rings (SSSR count). The largest absolute Gasteiger partial charge is 0.418 e. The molecule has 0 spiro atoms. The van der Waals surface area contributed by atoms with Crippen molar-refractivity contribution >= 4 is 34.4 Å². The van der Waals surface area contributed by atoms with Crippen molar-refractivity contribution in [2.24, 2.45) is 7.05 Å². The van der Waals surface area contributed by atoms with Gasteiger partial charge in [-0.15, -0.1) is 0 Å². The van der Waals surface area contributed by atoms with E-state index < -0.39 is 35.2 Å². The first-order chi connectivity index (χ1) is 17.3. The summed E-state index contributed by atoms with van der Waals surface area (Å²) in [5, 5.41) is 8.95. The number of aromatic nitrogens is 4. The van der Waals surface area contributed by atoms with Gasteiger partial charge >= 0.3 is 18.4 Å². The average molecular weight is 523 g/mol. The minimum Gasteiger partial charge on any atom is -0.368 e. The van der Waals surface area contributed by atoms with Gasteiger partial charge in [-0.05, 0) is 42.3 Å². The number of halogens is 6. The molecule has 2 heterocycles. The first kappa shape index (κ1) is 25.7. The topological polar surface area (TPSA) is 111 Å². The van der Waals surface area contributed by atoms with Crippen molar-refractivity contribution < 1.29 is 31.1 Å². The number of carbonyl (C=O) groups excluding carboxylic acids is 1. The minimum atomic E-state index is -4.99. The van der Waals surface area contributed by atoms with Crippen molar-refractivity contribution in [1.82, 2.24) is 19.7 Å². The highest BCUT2D eigenvalue weighted by Gasteiger charge is 2.37. The second-order valence-corrected chi connectivity index (χ2v) is 8.03. The van der Waals surface area contributed by atoms with Crippen molar-refractivity contribution in [3.05, 3.63) is 59.3 Å². The molecule has 2 aromatic carbocycles. The zero-order chi connectivity index (χ0) is 27.1. The summed E-state index contributed by atoms with van der Waals surface area (Å²) in [7, 11) is 1.59. The number of nitrogens with one attached hydrogen (secondary N) is 2. The fourth-order valence-electron chi connectivity index (χ4n) is 3.79. The van der Waals surface area contributed by atoms with E-state index in [0.29, 0.717) is 34.6 Å². The van der Waals surface area contributed by atoms with Crippen LogP contribution in [0.4, 0.5) is 48.6 Å². The molecular weight excluding hydrogens is 504 g/mol.